The Labute approximate surface area is 90.7 Å². The molecule has 0 aliphatic rings. The first-order valence-corrected chi connectivity index (χ1v) is 4.59. The molecule has 1 aromatic heterocycles. The van der Waals surface area contributed by atoms with Crippen molar-refractivity contribution >= 4 is 0 Å². The van der Waals surface area contributed by atoms with E-state index in [0.29, 0.717) is 11.1 Å². The average molecular weight is 220 g/mol. The van der Waals surface area contributed by atoms with Crippen LogP contribution in [-0.4, -0.2) is 17.1 Å². The summed E-state index contributed by atoms with van der Waals surface area (Å²) in [6.45, 7) is 0. The first-order valence-electron chi connectivity index (χ1n) is 4.59. The Morgan fingerprint density at radius 2 is 2.25 bits per heavy atom. The Bertz CT molecular complexity index is 566. The topological polar surface area (TPSA) is 55.0 Å². The Hall–Kier alpha value is -2.17. The van der Waals surface area contributed by atoms with Gasteiger partial charge in [0.25, 0.3) is 5.56 Å². The third-order valence-corrected chi connectivity index (χ3v) is 2.18. The van der Waals surface area contributed by atoms with Gasteiger partial charge in [-0.3, -0.25) is 4.79 Å². The minimum Gasteiger partial charge on any atom is -0.494 e. The summed E-state index contributed by atoms with van der Waals surface area (Å²) in [6.07, 6.45) is 2.67. The molecule has 2 aromatic rings. The van der Waals surface area contributed by atoms with Gasteiger partial charge in [0.05, 0.1) is 19.0 Å². The molecule has 1 aromatic carbocycles. The highest BCUT2D eigenvalue weighted by Crippen LogP contribution is 2.22. The van der Waals surface area contributed by atoms with E-state index in [9.17, 15) is 9.18 Å². The number of methoxy groups -OCH3 is 1. The van der Waals surface area contributed by atoms with Crippen LogP contribution < -0.4 is 10.3 Å². The lowest BCUT2D eigenvalue weighted by Gasteiger charge is -2.04. The van der Waals surface area contributed by atoms with Gasteiger partial charge in [0.2, 0.25) is 0 Å². The van der Waals surface area contributed by atoms with Crippen molar-refractivity contribution in [1.29, 1.82) is 0 Å². The normalized spacial score (nSPS) is 10.1. The Morgan fingerprint density at radius 1 is 1.44 bits per heavy atom. The largest absolute Gasteiger partial charge is 0.494 e. The standard InChI is InChI=1S/C11H9FN2O2/c1-16-10-3-2-7(4-9(10)12)8-5-13-6-14-11(8)15/h2-6H,1H3,(H,13,14,15). The summed E-state index contributed by atoms with van der Waals surface area (Å²) in [6, 6.07) is 4.32. The summed E-state index contributed by atoms with van der Waals surface area (Å²) < 4.78 is 18.2. The number of H-pyrrole nitrogens is 1. The maximum atomic E-state index is 13.4. The lowest BCUT2D eigenvalue weighted by molar-refractivity contribution is 0.386. The summed E-state index contributed by atoms with van der Waals surface area (Å²) >= 11 is 0. The van der Waals surface area contributed by atoms with Crippen LogP contribution in [0.2, 0.25) is 0 Å². The number of nitrogens with one attached hydrogen (secondary N) is 1. The fourth-order valence-electron chi connectivity index (χ4n) is 1.38. The molecular formula is C11H9FN2O2. The molecule has 0 bridgehead atoms. The van der Waals surface area contributed by atoms with Crippen LogP contribution in [0.3, 0.4) is 0 Å². The Morgan fingerprint density at radius 3 is 2.88 bits per heavy atom. The van der Waals surface area contributed by atoms with Gasteiger partial charge in [-0.15, -0.1) is 0 Å². The number of aromatic nitrogens is 2. The molecule has 0 fully saturated rings. The van der Waals surface area contributed by atoms with Crippen LogP contribution in [0.1, 0.15) is 0 Å². The molecule has 0 amide bonds. The Balaban J connectivity index is 2.54. The average Bonchev–Trinajstić information content (AvgIpc) is 2.29. The van der Waals surface area contributed by atoms with Crippen LogP contribution >= 0.6 is 0 Å². The zero-order valence-electron chi connectivity index (χ0n) is 8.53. The van der Waals surface area contributed by atoms with E-state index in [2.05, 4.69) is 9.97 Å². The van der Waals surface area contributed by atoms with Crippen LogP contribution in [0.15, 0.2) is 35.5 Å². The zero-order chi connectivity index (χ0) is 11.5. The molecule has 2 rings (SSSR count). The van der Waals surface area contributed by atoms with Gasteiger partial charge in [-0.2, -0.15) is 0 Å². The van der Waals surface area contributed by atoms with Gasteiger partial charge in [0.1, 0.15) is 0 Å². The van der Waals surface area contributed by atoms with Crippen molar-refractivity contribution in [3.63, 3.8) is 0 Å². The number of halogens is 1. The van der Waals surface area contributed by atoms with Crippen LogP contribution in [0.5, 0.6) is 5.75 Å². The monoisotopic (exact) mass is 220 g/mol. The molecule has 0 radical (unpaired) electrons. The molecule has 1 N–H and O–H groups in total. The molecule has 0 atom stereocenters. The molecule has 0 aliphatic heterocycles. The number of nitrogens with zero attached hydrogens (tertiary/aromatic N) is 1. The molecule has 1 heterocycles. The van der Waals surface area contributed by atoms with Crippen LogP contribution in [-0.2, 0) is 0 Å². The second-order valence-electron chi connectivity index (χ2n) is 3.14. The molecule has 5 heteroatoms. The first-order chi connectivity index (χ1) is 7.72. The molecule has 0 saturated carbocycles. The highest BCUT2D eigenvalue weighted by Gasteiger charge is 2.07. The van der Waals surface area contributed by atoms with Crippen molar-refractivity contribution in [2.45, 2.75) is 0 Å². The van der Waals surface area contributed by atoms with Crippen LogP contribution in [0.4, 0.5) is 4.39 Å². The van der Waals surface area contributed by atoms with Gasteiger partial charge in [0.15, 0.2) is 11.6 Å². The fourth-order valence-corrected chi connectivity index (χ4v) is 1.38. The smallest absolute Gasteiger partial charge is 0.258 e. The van der Waals surface area contributed by atoms with Crippen LogP contribution in [0.25, 0.3) is 11.1 Å². The number of rotatable bonds is 2. The predicted molar refractivity (Wildman–Crippen MR) is 56.8 cm³/mol. The highest BCUT2D eigenvalue weighted by molar-refractivity contribution is 5.62. The maximum absolute atomic E-state index is 13.4. The SMILES string of the molecule is COc1ccc(-c2cnc[nH]c2=O)cc1F. The summed E-state index contributed by atoms with van der Waals surface area (Å²) in [5.74, 6) is -0.368. The highest BCUT2D eigenvalue weighted by atomic mass is 19.1. The van der Waals surface area contributed by atoms with Crippen molar-refractivity contribution in [3.05, 3.63) is 46.9 Å². The van der Waals surface area contributed by atoms with Crippen molar-refractivity contribution < 1.29 is 9.13 Å². The molecular weight excluding hydrogens is 211 g/mol. The van der Waals surface area contributed by atoms with Gasteiger partial charge in [-0.1, -0.05) is 6.07 Å². The van der Waals surface area contributed by atoms with Gasteiger partial charge in [-0.25, -0.2) is 9.37 Å². The van der Waals surface area contributed by atoms with Crippen molar-refractivity contribution in [3.8, 4) is 16.9 Å². The number of ether oxygens (including phenoxy) is 1. The predicted octanol–water partition coefficient (Wildman–Crippen LogP) is 1.58. The van der Waals surface area contributed by atoms with Gasteiger partial charge in [0, 0.05) is 6.20 Å². The lowest BCUT2D eigenvalue weighted by atomic mass is 10.1. The molecule has 82 valence electrons. The Kier molecular flexibility index (Phi) is 2.68. The second-order valence-corrected chi connectivity index (χ2v) is 3.14. The van der Waals surface area contributed by atoms with E-state index in [4.69, 9.17) is 4.74 Å². The molecule has 0 unspecified atom stereocenters. The number of aromatic amines is 1. The van der Waals surface area contributed by atoms with Gasteiger partial charge < -0.3 is 9.72 Å². The number of benzene rings is 1. The first kappa shape index (κ1) is 10.4. The fraction of sp³-hybridized carbons (Fsp3) is 0.0909. The second kappa shape index (κ2) is 4.14. The van der Waals surface area contributed by atoms with E-state index >= 15 is 0 Å². The van der Waals surface area contributed by atoms with Crippen molar-refractivity contribution in [2.75, 3.05) is 7.11 Å². The lowest BCUT2D eigenvalue weighted by Crippen LogP contribution is -2.08. The van der Waals surface area contributed by atoms with Crippen LogP contribution in [0, 0.1) is 5.82 Å². The molecule has 0 spiro atoms. The number of hydrogen-bond acceptors (Lipinski definition) is 3. The minimum absolute atomic E-state index is 0.143. The third-order valence-electron chi connectivity index (χ3n) is 2.18. The van der Waals surface area contributed by atoms with Crippen molar-refractivity contribution in [2.24, 2.45) is 0 Å². The third kappa shape index (κ3) is 1.79. The summed E-state index contributed by atoms with van der Waals surface area (Å²) in [5, 5.41) is 0. The number of hydrogen-bond donors (Lipinski definition) is 1. The quantitative estimate of drug-likeness (QED) is 0.836. The van der Waals surface area contributed by atoms with E-state index < -0.39 is 5.82 Å². The van der Waals surface area contributed by atoms with E-state index in [0.717, 1.165) is 0 Å². The minimum atomic E-state index is -0.511. The van der Waals surface area contributed by atoms with E-state index in [1.807, 2.05) is 0 Å². The summed E-state index contributed by atoms with van der Waals surface area (Å²) in [5.41, 5.74) is 0.483. The van der Waals surface area contributed by atoms with Crippen molar-refractivity contribution in [1.82, 2.24) is 9.97 Å². The zero-order valence-corrected chi connectivity index (χ0v) is 8.53. The molecule has 0 aliphatic carbocycles. The van der Waals surface area contributed by atoms with Gasteiger partial charge in [-0.05, 0) is 17.7 Å². The van der Waals surface area contributed by atoms with E-state index in [1.54, 1.807) is 6.07 Å². The summed E-state index contributed by atoms with van der Waals surface area (Å²) in [7, 11) is 1.38. The summed E-state index contributed by atoms with van der Waals surface area (Å²) in [4.78, 5) is 17.6. The van der Waals surface area contributed by atoms with E-state index in [-0.39, 0.29) is 11.3 Å². The molecule has 4 nitrogen and oxygen atoms in total. The maximum Gasteiger partial charge on any atom is 0.258 e. The molecule has 0 saturated heterocycles. The van der Waals surface area contributed by atoms with Gasteiger partial charge >= 0.3 is 0 Å². The van der Waals surface area contributed by atoms with E-state index in [1.165, 1.54) is 31.8 Å². The molecule has 16 heavy (non-hydrogen) atoms.